The van der Waals surface area contributed by atoms with Gasteiger partial charge in [-0.3, -0.25) is 19.6 Å². The van der Waals surface area contributed by atoms with Crippen molar-refractivity contribution in [3.63, 3.8) is 0 Å². The Balaban J connectivity index is 1.79. The highest BCUT2D eigenvalue weighted by atomic mass is 16.3. The van der Waals surface area contributed by atoms with Crippen LogP contribution in [0, 0.1) is 0 Å². The van der Waals surface area contributed by atoms with Crippen molar-refractivity contribution in [2.24, 2.45) is 0 Å². The Labute approximate surface area is 209 Å². The molecule has 0 fully saturated rings. The maximum Gasteiger partial charge on any atom is 0.335 e. The van der Waals surface area contributed by atoms with E-state index in [-0.39, 0.29) is 11.1 Å². The van der Waals surface area contributed by atoms with Crippen LogP contribution >= 0.6 is 0 Å². The predicted molar refractivity (Wildman–Crippen MR) is 139 cm³/mol. The molecule has 0 atom stereocenters. The number of aromatic hydroxyl groups is 2. The minimum absolute atomic E-state index is 0.158. The van der Waals surface area contributed by atoms with Gasteiger partial charge in [0.15, 0.2) is 0 Å². The van der Waals surface area contributed by atoms with Crippen molar-refractivity contribution in [3.05, 3.63) is 131 Å². The second-order valence-electron chi connectivity index (χ2n) is 7.84. The number of nitrogens with zero attached hydrogens (tertiary/aromatic N) is 2. The summed E-state index contributed by atoms with van der Waals surface area (Å²) in [4.78, 5) is 53.7. The number of allylic oxidation sites excluding steroid dienone is 2. The average molecular weight is 498 g/mol. The standard InChI is InChI=1S/C27H22N4O6/c1-2-17(13-15-20-22(32)28-26(36)30(24(20)34)18-9-5-3-6-10-18)14-16-21-23(33)29-27(37)31(25(21)35)19-11-7-4-8-12-19/h3-13,15-16,34-35H,2H2,1H3,(H,28,32,36)(H,29,33,37). The lowest BCUT2D eigenvalue weighted by Gasteiger charge is -2.09. The van der Waals surface area contributed by atoms with Crippen molar-refractivity contribution < 1.29 is 10.2 Å². The lowest BCUT2D eigenvalue weighted by atomic mass is 10.1. The summed E-state index contributed by atoms with van der Waals surface area (Å²) in [6, 6.07) is 16.6. The summed E-state index contributed by atoms with van der Waals surface area (Å²) in [5.41, 5.74) is 0.575. The largest absolute Gasteiger partial charge is 0.494 e. The van der Waals surface area contributed by atoms with Crippen LogP contribution in [0.2, 0.25) is 0 Å². The van der Waals surface area contributed by atoms with Crippen LogP contribution in [0.15, 0.2) is 97.2 Å². The van der Waals surface area contributed by atoms with Crippen LogP contribution < -0.4 is 22.5 Å². The third-order valence-electron chi connectivity index (χ3n) is 5.50. The van der Waals surface area contributed by atoms with Crippen LogP contribution in [0.4, 0.5) is 0 Å². The molecule has 2 heterocycles. The van der Waals surface area contributed by atoms with E-state index >= 15 is 0 Å². The summed E-state index contributed by atoms with van der Waals surface area (Å²) in [6.45, 7) is 1.80. The molecule has 0 amide bonds. The zero-order valence-electron chi connectivity index (χ0n) is 19.6. The third-order valence-corrected chi connectivity index (χ3v) is 5.50. The van der Waals surface area contributed by atoms with Crippen molar-refractivity contribution in [3.8, 4) is 23.1 Å². The molecule has 2 aromatic heterocycles. The average Bonchev–Trinajstić information content (AvgIpc) is 2.88. The first-order valence-electron chi connectivity index (χ1n) is 11.2. The van der Waals surface area contributed by atoms with Crippen molar-refractivity contribution in [1.29, 1.82) is 0 Å². The number of nitrogens with one attached hydrogen (secondary N) is 2. The first-order chi connectivity index (χ1) is 17.8. The van der Waals surface area contributed by atoms with Crippen LogP contribution in [0.5, 0.6) is 11.8 Å². The van der Waals surface area contributed by atoms with Crippen LogP contribution in [0.25, 0.3) is 23.5 Å². The number of para-hydroxylation sites is 2. The van der Waals surface area contributed by atoms with Crippen LogP contribution in [-0.4, -0.2) is 29.3 Å². The topological polar surface area (TPSA) is 150 Å². The highest BCUT2D eigenvalue weighted by molar-refractivity contribution is 5.60. The second kappa shape index (κ2) is 10.5. The molecular weight excluding hydrogens is 476 g/mol. The zero-order chi connectivity index (χ0) is 26.5. The molecule has 2 aromatic carbocycles. The summed E-state index contributed by atoms with van der Waals surface area (Å²) in [6.07, 6.45) is 4.44. The Hall–Kier alpha value is -5.34. The molecule has 0 unspecified atom stereocenters. The van der Waals surface area contributed by atoms with Crippen molar-refractivity contribution in [2.45, 2.75) is 13.3 Å². The quantitative estimate of drug-likeness (QED) is 0.237. The van der Waals surface area contributed by atoms with E-state index < -0.39 is 34.3 Å². The number of rotatable bonds is 6. The van der Waals surface area contributed by atoms with E-state index in [1.54, 1.807) is 67.6 Å². The van der Waals surface area contributed by atoms with Gasteiger partial charge in [-0.2, -0.15) is 0 Å². The Morgan fingerprint density at radius 2 is 1.24 bits per heavy atom. The van der Waals surface area contributed by atoms with Gasteiger partial charge in [-0.05, 0) is 48.4 Å². The third kappa shape index (κ3) is 5.04. The Kier molecular flexibility index (Phi) is 7.04. The first kappa shape index (κ1) is 24.8. The number of hydrogen-bond donors (Lipinski definition) is 4. The summed E-state index contributed by atoms with van der Waals surface area (Å²) in [7, 11) is 0. The van der Waals surface area contributed by atoms with E-state index in [1.807, 2.05) is 0 Å². The summed E-state index contributed by atoms with van der Waals surface area (Å²) >= 11 is 0. The molecule has 37 heavy (non-hydrogen) atoms. The Bertz CT molecular complexity index is 1790. The van der Waals surface area contributed by atoms with Crippen molar-refractivity contribution in [2.75, 3.05) is 0 Å². The van der Waals surface area contributed by atoms with Gasteiger partial charge in [0, 0.05) is 0 Å². The zero-order valence-corrected chi connectivity index (χ0v) is 19.6. The lowest BCUT2D eigenvalue weighted by Crippen LogP contribution is -2.30. The van der Waals surface area contributed by atoms with E-state index in [1.165, 1.54) is 18.2 Å². The smallest absolute Gasteiger partial charge is 0.335 e. The number of aromatic amines is 2. The molecule has 0 aliphatic carbocycles. The van der Waals surface area contributed by atoms with Gasteiger partial charge < -0.3 is 10.2 Å². The van der Waals surface area contributed by atoms with Crippen molar-refractivity contribution in [1.82, 2.24) is 19.1 Å². The molecule has 186 valence electrons. The Morgan fingerprint density at radius 1 is 0.784 bits per heavy atom. The number of H-pyrrole nitrogens is 2. The van der Waals surface area contributed by atoms with Crippen LogP contribution in [-0.2, 0) is 0 Å². The fourth-order valence-corrected chi connectivity index (χ4v) is 3.61. The molecule has 4 N–H and O–H groups in total. The minimum atomic E-state index is -0.800. The lowest BCUT2D eigenvalue weighted by molar-refractivity contribution is 0.429. The molecular formula is C27H22N4O6. The predicted octanol–water partition coefficient (Wildman–Crippen LogP) is 2.44. The number of aromatic nitrogens is 4. The fraction of sp³-hybridized carbons (Fsp3) is 0.0741. The van der Waals surface area contributed by atoms with Gasteiger partial charge in [0.05, 0.1) is 11.4 Å². The van der Waals surface area contributed by atoms with Gasteiger partial charge in [-0.25, -0.2) is 18.7 Å². The van der Waals surface area contributed by atoms with Crippen LogP contribution in [0.1, 0.15) is 24.5 Å². The summed E-state index contributed by atoms with van der Waals surface area (Å²) in [5, 5.41) is 21.3. The maximum absolute atomic E-state index is 12.4. The van der Waals surface area contributed by atoms with E-state index in [2.05, 4.69) is 15.7 Å². The molecule has 4 rings (SSSR count). The van der Waals surface area contributed by atoms with E-state index in [9.17, 15) is 29.4 Å². The molecule has 0 saturated heterocycles. The monoisotopic (exact) mass is 498 g/mol. The molecule has 4 aromatic rings. The molecule has 0 saturated carbocycles. The Morgan fingerprint density at radius 3 is 1.73 bits per heavy atom. The van der Waals surface area contributed by atoms with Gasteiger partial charge in [-0.15, -0.1) is 5.73 Å². The molecule has 0 aliphatic rings. The van der Waals surface area contributed by atoms with E-state index in [0.29, 0.717) is 23.4 Å². The van der Waals surface area contributed by atoms with E-state index in [4.69, 9.17) is 0 Å². The van der Waals surface area contributed by atoms with Gasteiger partial charge in [0.25, 0.3) is 11.1 Å². The van der Waals surface area contributed by atoms with Crippen LogP contribution in [0.3, 0.4) is 0 Å². The summed E-state index contributed by atoms with van der Waals surface area (Å²) in [5.74, 6) is -1.10. The molecule has 10 heteroatoms. The molecule has 0 radical (unpaired) electrons. The molecule has 0 bridgehead atoms. The number of hydrogen-bond acceptors (Lipinski definition) is 6. The van der Waals surface area contributed by atoms with Gasteiger partial charge in [0.2, 0.25) is 11.8 Å². The van der Waals surface area contributed by atoms with Gasteiger partial charge in [0.1, 0.15) is 11.1 Å². The van der Waals surface area contributed by atoms with Gasteiger partial charge in [-0.1, -0.05) is 49.4 Å². The SMILES string of the molecule is CCC(=C=Cc1c(O)n(-c2ccccc2)c(=O)[nH]c1=O)C=Cc1c(O)n(-c2ccccc2)c(=O)[nH]c1=O. The number of benzene rings is 2. The maximum atomic E-state index is 12.4. The molecule has 10 nitrogen and oxygen atoms in total. The normalized spacial score (nSPS) is 10.8. The molecule has 0 spiro atoms. The van der Waals surface area contributed by atoms with Gasteiger partial charge >= 0.3 is 11.4 Å². The molecule has 0 aliphatic heterocycles. The first-order valence-corrected chi connectivity index (χ1v) is 11.2. The minimum Gasteiger partial charge on any atom is -0.494 e. The highest BCUT2D eigenvalue weighted by Gasteiger charge is 2.14. The van der Waals surface area contributed by atoms with E-state index in [0.717, 1.165) is 9.13 Å². The summed E-state index contributed by atoms with van der Waals surface area (Å²) < 4.78 is 1.93. The fourth-order valence-electron chi connectivity index (χ4n) is 3.61. The highest BCUT2D eigenvalue weighted by Crippen LogP contribution is 2.19. The second-order valence-corrected chi connectivity index (χ2v) is 7.84. The van der Waals surface area contributed by atoms with Crippen molar-refractivity contribution >= 4 is 12.2 Å².